The van der Waals surface area contributed by atoms with Gasteiger partial charge in [-0.25, -0.2) is 0 Å². The minimum absolute atomic E-state index is 0.0591. The van der Waals surface area contributed by atoms with Gasteiger partial charge in [0.1, 0.15) is 29.8 Å². The zero-order valence-electron chi connectivity index (χ0n) is 32.6. The number of fused-ring (bicyclic) bond motifs is 1. The Hall–Kier alpha value is -4.58. The van der Waals surface area contributed by atoms with Crippen LogP contribution in [0.5, 0.6) is 0 Å². The lowest BCUT2D eigenvalue weighted by atomic mass is 9.58. The Labute approximate surface area is 322 Å². The third-order valence-electron chi connectivity index (χ3n) is 12.6. The van der Waals surface area contributed by atoms with Crippen LogP contribution in [0.25, 0.3) is 0 Å². The van der Waals surface area contributed by atoms with Gasteiger partial charge in [0.25, 0.3) is 0 Å². The number of ether oxygens (including phenoxy) is 10. The van der Waals surface area contributed by atoms with Crippen LogP contribution >= 0.6 is 0 Å². The molecule has 308 valence electrons. The minimum atomic E-state index is -1.65. The van der Waals surface area contributed by atoms with E-state index in [-0.39, 0.29) is 32.1 Å². The maximum Gasteiger partial charge on any atom is 0.316 e. The van der Waals surface area contributed by atoms with Crippen molar-refractivity contribution in [1.29, 1.82) is 0 Å². The number of hydrogen-bond donors (Lipinski definition) is 0. The van der Waals surface area contributed by atoms with Crippen molar-refractivity contribution in [2.45, 2.75) is 135 Å². The van der Waals surface area contributed by atoms with Gasteiger partial charge in [-0.1, -0.05) is 6.58 Å². The van der Waals surface area contributed by atoms with Crippen molar-refractivity contribution in [2.24, 2.45) is 28.6 Å². The molecule has 0 unspecified atom stereocenters. The average molecular weight is 793 g/mol. The van der Waals surface area contributed by atoms with Crippen molar-refractivity contribution < 1.29 is 85.7 Å². The molecule has 0 radical (unpaired) electrons. The van der Waals surface area contributed by atoms with E-state index >= 15 is 0 Å². The number of methoxy groups -OCH3 is 1. The summed E-state index contributed by atoms with van der Waals surface area (Å²) >= 11 is 0. The fourth-order valence-corrected chi connectivity index (χ4v) is 11.1. The molecule has 2 heterocycles. The summed E-state index contributed by atoms with van der Waals surface area (Å²) in [5.74, 6) is -8.30. The fourth-order valence-electron chi connectivity index (χ4n) is 11.1. The van der Waals surface area contributed by atoms with Crippen LogP contribution in [0.1, 0.15) is 80.6 Å². The van der Waals surface area contributed by atoms with E-state index in [2.05, 4.69) is 6.58 Å². The molecule has 56 heavy (non-hydrogen) atoms. The number of carbonyl (C=O) groups is 8. The minimum Gasteiger partial charge on any atom is -0.469 e. The van der Waals surface area contributed by atoms with E-state index in [0.29, 0.717) is 5.57 Å². The molecular formula is C38H48O18. The van der Waals surface area contributed by atoms with Gasteiger partial charge >= 0.3 is 47.8 Å². The molecule has 2 aliphatic heterocycles. The monoisotopic (exact) mass is 792 g/mol. The maximum absolute atomic E-state index is 14.2. The fraction of sp³-hybridized carbons (Fsp3) is 0.737. The van der Waals surface area contributed by atoms with E-state index < -0.39 is 137 Å². The van der Waals surface area contributed by atoms with Crippen molar-refractivity contribution in [3.63, 3.8) is 0 Å². The second-order valence-electron chi connectivity index (χ2n) is 15.9. The van der Waals surface area contributed by atoms with Gasteiger partial charge in [0.05, 0.1) is 18.6 Å². The highest BCUT2D eigenvalue weighted by atomic mass is 16.7. The largest absolute Gasteiger partial charge is 0.469 e. The summed E-state index contributed by atoms with van der Waals surface area (Å²) in [5, 5.41) is 0. The summed E-state index contributed by atoms with van der Waals surface area (Å²) in [7, 11) is 1.23. The van der Waals surface area contributed by atoms with Gasteiger partial charge < -0.3 is 47.4 Å². The first-order valence-electron chi connectivity index (χ1n) is 18.5. The van der Waals surface area contributed by atoms with Gasteiger partial charge in [-0.3, -0.25) is 38.4 Å². The van der Waals surface area contributed by atoms with Gasteiger partial charge in [0.15, 0.2) is 30.7 Å². The number of carbonyl (C=O) groups excluding carboxylic acids is 8. The molecule has 0 amide bonds. The number of esters is 8. The Morgan fingerprint density at radius 2 is 1.39 bits per heavy atom. The van der Waals surface area contributed by atoms with E-state index in [1.54, 1.807) is 6.92 Å². The van der Waals surface area contributed by atoms with Gasteiger partial charge in [-0.2, -0.15) is 0 Å². The zero-order chi connectivity index (χ0) is 41.3. The number of rotatable bonds is 10. The highest BCUT2D eigenvalue weighted by molar-refractivity contribution is 5.87. The predicted molar refractivity (Wildman–Crippen MR) is 181 cm³/mol. The van der Waals surface area contributed by atoms with Crippen molar-refractivity contribution >= 4 is 47.8 Å². The molecule has 18 heteroatoms. The van der Waals surface area contributed by atoms with Crippen LogP contribution < -0.4 is 0 Å². The van der Waals surface area contributed by atoms with Crippen LogP contribution in [0.3, 0.4) is 0 Å². The van der Waals surface area contributed by atoms with Crippen LogP contribution in [-0.2, 0) is 85.7 Å². The van der Waals surface area contributed by atoms with E-state index in [9.17, 15) is 38.4 Å². The van der Waals surface area contributed by atoms with E-state index in [4.69, 9.17) is 47.4 Å². The van der Waals surface area contributed by atoms with E-state index in [1.807, 2.05) is 0 Å². The molecule has 4 aliphatic carbocycles. The lowest BCUT2D eigenvalue weighted by molar-refractivity contribution is -0.330. The Bertz CT molecular complexity index is 1740. The normalized spacial score (nSPS) is 41.6. The lowest BCUT2D eigenvalue weighted by Crippen LogP contribution is -2.64. The average Bonchev–Trinajstić information content (AvgIpc) is 3.52. The van der Waals surface area contributed by atoms with Crippen LogP contribution in [0.15, 0.2) is 12.2 Å². The van der Waals surface area contributed by atoms with Gasteiger partial charge in [-0.05, 0) is 43.6 Å². The molecule has 6 fully saturated rings. The summed E-state index contributed by atoms with van der Waals surface area (Å²) in [6.07, 6.45) is -8.89. The molecule has 2 saturated heterocycles. The summed E-state index contributed by atoms with van der Waals surface area (Å²) in [4.78, 5) is 102. The van der Waals surface area contributed by atoms with Crippen LogP contribution in [0.2, 0.25) is 0 Å². The molecule has 4 bridgehead atoms. The Kier molecular flexibility index (Phi) is 10.6. The van der Waals surface area contributed by atoms with Gasteiger partial charge in [-0.15, -0.1) is 0 Å². The summed E-state index contributed by atoms with van der Waals surface area (Å²) in [5.41, 5.74) is -4.82. The first kappa shape index (κ1) is 41.1. The highest BCUT2D eigenvalue weighted by Crippen LogP contribution is 2.79. The molecule has 6 rings (SSSR count). The smallest absolute Gasteiger partial charge is 0.316 e. The molecule has 18 nitrogen and oxygen atoms in total. The van der Waals surface area contributed by atoms with E-state index in [1.165, 1.54) is 21.0 Å². The van der Waals surface area contributed by atoms with Crippen LogP contribution in [0.4, 0.5) is 0 Å². The van der Waals surface area contributed by atoms with Crippen LogP contribution in [-0.4, -0.2) is 116 Å². The summed E-state index contributed by atoms with van der Waals surface area (Å²) in [6, 6.07) is 0. The van der Waals surface area contributed by atoms with Crippen molar-refractivity contribution in [3.05, 3.63) is 12.2 Å². The molecule has 6 aliphatic rings. The third kappa shape index (κ3) is 6.41. The summed E-state index contributed by atoms with van der Waals surface area (Å²) in [6.45, 7) is 12.4. The van der Waals surface area contributed by atoms with Gasteiger partial charge in [0, 0.05) is 59.8 Å². The molecule has 1 spiro atoms. The SMILES string of the molecule is C=C1C[C@]23C[C@@]1(O[C@@H]1O[C@H](COC(C)=O)[C@@H](OC(C)=O)[C@H](OC(C)=O)[C@H]1OC(C)=O)CC[C@H]2[C@@]12C[C@H](OC(C)=O)[C@H](OC(C)=O)[C@@](C)(C(=O)O1)[C@H]2[C@@H]3C(=O)OC. The summed E-state index contributed by atoms with van der Waals surface area (Å²) < 4.78 is 58.4. The highest BCUT2D eigenvalue weighted by Gasteiger charge is 2.87. The molecule has 0 N–H and O–H groups in total. The second kappa shape index (κ2) is 14.4. The van der Waals surface area contributed by atoms with Gasteiger partial charge in [0.2, 0.25) is 0 Å². The third-order valence-corrected chi connectivity index (χ3v) is 12.6. The zero-order valence-corrected chi connectivity index (χ0v) is 32.6. The topological polar surface area (TPSA) is 229 Å². The Morgan fingerprint density at radius 1 is 0.804 bits per heavy atom. The molecule has 0 aromatic heterocycles. The molecule has 14 atom stereocenters. The number of hydrogen-bond acceptors (Lipinski definition) is 18. The maximum atomic E-state index is 14.2. The van der Waals surface area contributed by atoms with Crippen LogP contribution in [0, 0.1) is 28.6 Å². The Balaban J connectivity index is 1.43. The van der Waals surface area contributed by atoms with Crippen molar-refractivity contribution in [2.75, 3.05) is 13.7 Å². The molecule has 4 saturated carbocycles. The van der Waals surface area contributed by atoms with Crippen molar-refractivity contribution in [1.82, 2.24) is 0 Å². The first-order valence-corrected chi connectivity index (χ1v) is 18.5. The molecular weight excluding hydrogens is 744 g/mol. The molecule has 0 aromatic rings. The predicted octanol–water partition coefficient (Wildman–Crippen LogP) is 1.56. The van der Waals surface area contributed by atoms with Crippen molar-refractivity contribution in [3.8, 4) is 0 Å². The quantitative estimate of drug-likeness (QED) is 0.174. The Morgan fingerprint density at radius 3 is 1.96 bits per heavy atom. The van der Waals surface area contributed by atoms with E-state index in [0.717, 1.165) is 27.7 Å². The first-order chi connectivity index (χ1) is 26.1. The second-order valence-corrected chi connectivity index (χ2v) is 15.9. The lowest BCUT2D eigenvalue weighted by Gasteiger charge is -2.50. The molecule has 0 aromatic carbocycles. The standard InChI is InChI=1S/C38H48O18/c1-16-12-36-15-37(16,55-33-29(52-21(6)43)28(51-20(5)42)27(50-19(4)41)24(54-33)14-48-17(2)39)11-10-25(36)38-13-23(49-18(3)40)31(53-22(7)44)35(8,34(46)56-38)30(38)26(36)32(45)47-9/h23-31,33H,1,10-15H2,2-9H3/t23-,24+,25+,26+,27+,28-,29+,30+,31-,33-,35-,36-,37-,38+/m0/s1.